The van der Waals surface area contributed by atoms with Gasteiger partial charge in [-0.15, -0.1) is 24.0 Å². The molecule has 1 aromatic rings. The lowest BCUT2D eigenvalue weighted by Gasteiger charge is -2.29. The number of nitrogens with zero attached hydrogens (tertiary/aromatic N) is 2. The van der Waals surface area contributed by atoms with Crippen molar-refractivity contribution in [2.75, 3.05) is 40.8 Å². The Morgan fingerprint density at radius 1 is 1.06 bits per heavy atom. The van der Waals surface area contributed by atoms with E-state index in [0.29, 0.717) is 31.2 Å². The van der Waals surface area contributed by atoms with Crippen LogP contribution in [0.5, 0.6) is 0 Å². The zero-order valence-corrected chi connectivity index (χ0v) is 23.5. The summed E-state index contributed by atoms with van der Waals surface area (Å²) in [5.74, 6) is 0.496. The van der Waals surface area contributed by atoms with Crippen molar-refractivity contribution in [2.24, 2.45) is 4.99 Å². The van der Waals surface area contributed by atoms with Crippen LogP contribution in [0.1, 0.15) is 50.5 Å². The molecule has 0 radical (unpaired) electrons. The van der Waals surface area contributed by atoms with Crippen LogP contribution in [0.3, 0.4) is 0 Å². The second kappa shape index (κ2) is 14.2. The van der Waals surface area contributed by atoms with Crippen LogP contribution in [0.15, 0.2) is 29.3 Å². The van der Waals surface area contributed by atoms with Crippen molar-refractivity contribution in [3.05, 3.63) is 35.4 Å². The van der Waals surface area contributed by atoms with Crippen molar-refractivity contribution < 1.29 is 14.3 Å². The molecule has 188 valence electrons. The highest BCUT2D eigenvalue weighted by atomic mass is 127. The molecule has 10 heteroatoms. The molecule has 4 N–H and O–H groups in total. The van der Waals surface area contributed by atoms with E-state index < -0.39 is 17.2 Å². The number of rotatable bonds is 9. The highest BCUT2D eigenvalue weighted by Gasteiger charge is 2.24. The summed E-state index contributed by atoms with van der Waals surface area (Å²) in [7, 11) is 5.61. The SMILES string of the molecule is CN=C(NCc1cccc(C(=O)NCCN(C)C)c1)NCC(C)(C)NC(=O)OC(C)(C)C.I. The number of ether oxygens (including phenoxy) is 1. The zero-order valence-electron chi connectivity index (χ0n) is 21.2. The Hall–Kier alpha value is -2.08. The first kappa shape index (κ1) is 30.9. The summed E-state index contributed by atoms with van der Waals surface area (Å²) in [4.78, 5) is 30.6. The van der Waals surface area contributed by atoms with Crippen LogP contribution in [0.25, 0.3) is 0 Å². The average molecular weight is 577 g/mol. The third kappa shape index (κ3) is 13.9. The van der Waals surface area contributed by atoms with Gasteiger partial charge in [0, 0.05) is 38.8 Å². The van der Waals surface area contributed by atoms with E-state index in [-0.39, 0.29) is 29.9 Å². The average Bonchev–Trinajstić information content (AvgIpc) is 2.66. The summed E-state index contributed by atoms with van der Waals surface area (Å²) in [6.45, 7) is 11.6. The summed E-state index contributed by atoms with van der Waals surface area (Å²) in [5.41, 5.74) is 0.473. The molecule has 0 unspecified atom stereocenters. The van der Waals surface area contributed by atoms with E-state index in [1.807, 2.05) is 71.8 Å². The molecule has 0 aliphatic heterocycles. The van der Waals surface area contributed by atoms with E-state index in [1.165, 1.54) is 0 Å². The number of amides is 2. The summed E-state index contributed by atoms with van der Waals surface area (Å²) in [5, 5.41) is 12.2. The molecule has 33 heavy (non-hydrogen) atoms. The van der Waals surface area contributed by atoms with E-state index in [9.17, 15) is 9.59 Å². The van der Waals surface area contributed by atoms with Crippen LogP contribution < -0.4 is 21.3 Å². The lowest BCUT2D eigenvalue weighted by Crippen LogP contribution is -2.54. The van der Waals surface area contributed by atoms with Gasteiger partial charge in [-0.25, -0.2) is 4.79 Å². The molecule has 1 rings (SSSR count). The number of carbonyl (C=O) groups excluding carboxylic acids is 2. The minimum absolute atomic E-state index is 0. The number of hydrogen-bond acceptors (Lipinski definition) is 5. The van der Waals surface area contributed by atoms with Gasteiger partial charge in [0.25, 0.3) is 5.91 Å². The largest absolute Gasteiger partial charge is 0.444 e. The molecule has 2 amide bonds. The molecule has 9 nitrogen and oxygen atoms in total. The Bertz CT molecular complexity index is 791. The number of benzene rings is 1. The molecule has 0 saturated carbocycles. The molecule has 0 aromatic heterocycles. The smallest absolute Gasteiger partial charge is 0.408 e. The predicted molar refractivity (Wildman–Crippen MR) is 144 cm³/mol. The van der Waals surface area contributed by atoms with Crippen molar-refractivity contribution in [3.63, 3.8) is 0 Å². The number of hydrogen-bond donors (Lipinski definition) is 4. The third-order valence-electron chi connectivity index (χ3n) is 4.25. The zero-order chi connectivity index (χ0) is 24.4. The number of nitrogens with one attached hydrogen (secondary N) is 4. The van der Waals surface area contributed by atoms with Crippen LogP contribution >= 0.6 is 24.0 Å². The molecule has 1 aromatic carbocycles. The maximum atomic E-state index is 12.3. The lowest BCUT2D eigenvalue weighted by molar-refractivity contribution is 0.0473. The van der Waals surface area contributed by atoms with Gasteiger partial charge >= 0.3 is 6.09 Å². The van der Waals surface area contributed by atoms with Crippen LogP contribution in [0.2, 0.25) is 0 Å². The second-order valence-electron chi connectivity index (χ2n) is 9.55. The standard InChI is InChI=1S/C23H40N6O3.HI/c1-22(2,3)32-21(31)28-23(4,5)16-27-20(24-6)26-15-17-10-9-11-18(14-17)19(30)25-12-13-29(7)8;/h9-11,14H,12-13,15-16H2,1-8H3,(H,25,30)(H,28,31)(H2,24,26,27);1H. The molecule has 0 heterocycles. The van der Waals surface area contributed by atoms with Gasteiger partial charge < -0.3 is 30.9 Å². The van der Waals surface area contributed by atoms with E-state index >= 15 is 0 Å². The number of carbonyl (C=O) groups is 2. The van der Waals surface area contributed by atoms with Crippen molar-refractivity contribution in [1.82, 2.24) is 26.2 Å². The number of alkyl carbamates (subject to hydrolysis) is 1. The fraction of sp³-hybridized carbons (Fsp3) is 0.609. The van der Waals surface area contributed by atoms with Gasteiger partial charge in [-0.05, 0) is 66.4 Å². The predicted octanol–water partition coefficient (Wildman–Crippen LogP) is 2.56. The van der Waals surface area contributed by atoms with Crippen LogP contribution in [-0.2, 0) is 11.3 Å². The highest BCUT2D eigenvalue weighted by Crippen LogP contribution is 2.09. The minimum atomic E-state index is -0.553. The first-order valence-electron chi connectivity index (χ1n) is 10.8. The summed E-state index contributed by atoms with van der Waals surface area (Å²) in [6.07, 6.45) is -0.465. The van der Waals surface area contributed by atoms with Crippen molar-refractivity contribution in [3.8, 4) is 0 Å². The van der Waals surface area contributed by atoms with Gasteiger partial charge in [0.15, 0.2) is 5.96 Å². The normalized spacial score (nSPS) is 12.0. The molecule has 0 aliphatic rings. The molecule has 0 bridgehead atoms. The molecule has 0 aliphatic carbocycles. The maximum absolute atomic E-state index is 12.3. The van der Waals surface area contributed by atoms with E-state index in [0.717, 1.165) is 12.1 Å². The van der Waals surface area contributed by atoms with Crippen LogP contribution in [0.4, 0.5) is 4.79 Å². The highest BCUT2D eigenvalue weighted by molar-refractivity contribution is 14.0. The molecular formula is C23H41IN6O3. The first-order valence-corrected chi connectivity index (χ1v) is 10.8. The van der Waals surface area contributed by atoms with Crippen LogP contribution in [-0.4, -0.2) is 74.8 Å². The van der Waals surface area contributed by atoms with Gasteiger partial charge in [0.1, 0.15) is 5.60 Å². The minimum Gasteiger partial charge on any atom is -0.444 e. The second-order valence-corrected chi connectivity index (χ2v) is 9.55. The Morgan fingerprint density at radius 2 is 1.73 bits per heavy atom. The maximum Gasteiger partial charge on any atom is 0.408 e. The lowest BCUT2D eigenvalue weighted by atomic mass is 10.1. The molecular weight excluding hydrogens is 535 g/mol. The number of guanidine groups is 1. The van der Waals surface area contributed by atoms with Gasteiger partial charge in [0.2, 0.25) is 0 Å². The Balaban J connectivity index is 0.0000102. The summed E-state index contributed by atoms with van der Waals surface area (Å²) >= 11 is 0. The molecule has 0 spiro atoms. The van der Waals surface area contributed by atoms with E-state index in [2.05, 4.69) is 26.3 Å². The van der Waals surface area contributed by atoms with Gasteiger partial charge in [-0.1, -0.05) is 12.1 Å². The van der Waals surface area contributed by atoms with Gasteiger partial charge in [0.05, 0.1) is 5.54 Å². The quantitative estimate of drug-likeness (QED) is 0.205. The first-order chi connectivity index (χ1) is 14.8. The number of halogens is 1. The summed E-state index contributed by atoms with van der Waals surface area (Å²) < 4.78 is 5.32. The Labute approximate surface area is 215 Å². The fourth-order valence-electron chi connectivity index (χ4n) is 2.65. The van der Waals surface area contributed by atoms with E-state index in [1.54, 1.807) is 13.1 Å². The molecule has 0 atom stereocenters. The number of likely N-dealkylation sites (N-methyl/N-ethyl adjacent to an activating group) is 1. The van der Waals surface area contributed by atoms with Crippen molar-refractivity contribution >= 4 is 41.9 Å². The Morgan fingerprint density at radius 3 is 2.30 bits per heavy atom. The molecule has 0 saturated heterocycles. The van der Waals surface area contributed by atoms with E-state index in [4.69, 9.17) is 4.74 Å². The van der Waals surface area contributed by atoms with Crippen LogP contribution in [0, 0.1) is 0 Å². The van der Waals surface area contributed by atoms with Gasteiger partial charge in [-0.2, -0.15) is 0 Å². The monoisotopic (exact) mass is 576 g/mol. The fourth-order valence-corrected chi connectivity index (χ4v) is 2.65. The summed E-state index contributed by atoms with van der Waals surface area (Å²) in [6, 6.07) is 7.47. The Kier molecular flexibility index (Phi) is 13.3. The van der Waals surface area contributed by atoms with Gasteiger partial charge in [-0.3, -0.25) is 9.79 Å². The van der Waals surface area contributed by atoms with Crippen molar-refractivity contribution in [2.45, 2.75) is 52.3 Å². The third-order valence-corrected chi connectivity index (χ3v) is 4.25. The van der Waals surface area contributed by atoms with Crippen molar-refractivity contribution in [1.29, 1.82) is 0 Å². The topological polar surface area (TPSA) is 107 Å². The molecule has 0 fully saturated rings. The number of aliphatic imine (C=N–C) groups is 1.